The van der Waals surface area contributed by atoms with Crippen molar-refractivity contribution in [2.45, 2.75) is 0 Å². The molecule has 0 saturated heterocycles. The second-order valence-corrected chi connectivity index (χ2v) is 5.07. The number of aromatic nitrogens is 4. The lowest BCUT2D eigenvalue weighted by Crippen LogP contribution is -1.83. The summed E-state index contributed by atoms with van der Waals surface area (Å²) in [6, 6.07) is 16.5. The predicted molar refractivity (Wildman–Crippen MR) is 77.8 cm³/mol. The molecule has 0 spiro atoms. The highest BCUT2D eigenvalue weighted by atomic mass is 127. The van der Waals surface area contributed by atoms with Crippen LogP contribution in [0.2, 0.25) is 0 Å². The molecule has 0 amide bonds. The van der Waals surface area contributed by atoms with E-state index in [4.69, 9.17) is 0 Å². The zero-order valence-electron chi connectivity index (χ0n) is 9.34. The van der Waals surface area contributed by atoms with E-state index in [1.807, 2.05) is 12.1 Å². The molecule has 4 nitrogen and oxygen atoms in total. The normalized spacial score (nSPS) is 10.5. The summed E-state index contributed by atoms with van der Waals surface area (Å²) in [5, 5.41) is 13.9. The van der Waals surface area contributed by atoms with Crippen LogP contribution >= 0.6 is 22.6 Å². The third-order valence-corrected chi connectivity index (χ3v) is 3.32. The van der Waals surface area contributed by atoms with Crippen LogP contribution < -0.4 is 0 Å². The minimum Gasteiger partial charge on any atom is -0.177 e. The quantitative estimate of drug-likeness (QED) is 0.724. The summed E-state index contributed by atoms with van der Waals surface area (Å²) in [6.45, 7) is 0. The molecular formula is C13H9IN4. The van der Waals surface area contributed by atoms with Crippen molar-refractivity contribution in [2.24, 2.45) is 0 Å². The fraction of sp³-hybridized carbons (Fsp3) is 0. The molecule has 1 aromatic heterocycles. The Labute approximate surface area is 118 Å². The molecule has 0 radical (unpaired) electrons. The predicted octanol–water partition coefficient (Wildman–Crippen LogP) is 3.14. The lowest BCUT2D eigenvalue weighted by molar-refractivity contribution is 0.881. The van der Waals surface area contributed by atoms with E-state index >= 15 is 0 Å². The van der Waals surface area contributed by atoms with Gasteiger partial charge in [-0.15, -0.1) is 10.2 Å². The molecule has 1 N–H and O–H groups in total. The summed E-state index contributed by atoms with van der Waals surface area (Å²) in [6.07, 6.45) is 0. The van der Waals surface area contributed by atoms with Crippen LogP contribution in [-0.4, -0.2) is 20.6 Å². The molecule has 0 fully saturated rings. The van der Waals surface area contributed by atoms with Gasteiger partial charge >= 0.3 is 0 Å². The SMILES string of the molecule is Ic1cccc(-c2ccc(-c3nn[nH]n3)cc2)c1. The Morgan fingerprint density at radius 2 is 1.67 bits per heavy atom. The van der Waals surface area contributed by atoms with E-state index < -0.39 is 0 Å². The summed E-state index contributed by atoms with van der Waals surface area (Å²) >= 11 is 2.31. The molecule has 3 aromatic rings. The average Bonchev–Trinajstić information content (AvgIpc) is 2.93. The number of hydrogen-bond acceptors (Lipinski definition) is 3. The lowest BCUT2D eigenvalue weighted by Gasteiger charge is -2.03. The molecule has 0 saturated carbocycles. The van der Waals surface area contributed by atoms with Gasteiger partial charge < -0.3 is 0 Å². The van der Waals surface area contributed by atoms with Gasteiger partial charge in [-0.1, -0.05) is 36.4 Å². The summed E-state index contributed by atoms with van der Waals surface area (Å²) in [5.74, 6) is 0.615. The number of hydrogen-bond donors (Lipinski definition) is 1. The van der Waals surface area contributed by atoms with Crippen LogP contribution in [0, 0.1) is 3.57 Å². The summed E-state index contributed by atoms with van der Waals surface area (Å²) in [5.41, 5.74) is 3.35. The second kappa shape index (κ2) is 4.85. The van der Waals surface area contributed by atoms with Gasteiger partial charge in [-0.25, -0.2) is 0 Å². The minimum atomic E-state index is 0.615. The Kier molecular flexibility index (Phi) is 3.06. The maximum absolute atomic E-state index is 3.95. The standard InChI is InChI=1S/C13H9IN4/c14-12-3-1-2-11(8-12)9-4-6-10(7-5-9)13-15-17-18-16-13/h1-8H,(H,15,16,17,18). The molecule has 5 heteroatoms. The Morgan fingerprint density at radius 3 is 2.33 bits per heavy atom. The van der Waals surface area contributed by atoms with Crippen molar-refractivity contribution in [1.29, 1.82) is 0 Å². The first-order valence-corrected chi connectivity index (χ1v) is 6.50. The van der Waals surface area contributed by atoms with Crippen LogP contribution in [0.3, 0.4) is 0 Å². The van der Waals surface area contributed by atoms with E-state index in [1.165, 1.54) is 14.7 Å². The zero-order chi connectivity index (χ0) is 12.4. The third-order valence-electron chi connectivity index (χ3n) is 2.65. The van der Waals surface area contributed by atoms with Crippen LogP contribution in [0.15, 0.2) is 48.5 Å². The fourth-order valence-corrected chi connectivity index (χ4v) is 2.31. The molecular weight excluding hydrogens is 339 g/mol. The Hall–Kier alpha value is -1.76. The minimum absolute atomic E-state index is 0.615. The molecule has 2 aromatic carbocycles. The van der Waals surface area contributed by atoms with Gasteiger partial charge in [-0.05, 0) is 51.1 Å². The molecule has 0 bridgehead atoms. The molecule has 1 heterocycles. The first-order valence-electron chi connectivity index (χ1n) is 5.43. The monoisotopic (exact) mass is 348 g/mol. The van der Waals surface area contributed by atoms with Crippen molar-refractivity contribution < 1.29 is 0 Å². The number of aromatic amines is 1. The Bertz CT molecular complexity index is 647. The highest BCUT2D eigenvalue weighted by Gasteiger charge is 2.03. The van der Waals surface area contributed by atoms with E-state index in [-0.39, 0.29) is 0 Å². The highest BCUT2D eigenvalue weighted by Crippen LogP contribution is 2.23. The van der Waals surface area contributed by atoms with Crippen molar-refractivity contribution in [2.75, 3.05) is 0 Å². The maximum Gasteiger partial charge on any atom is 0.204 e. The van der Waals surface area contributed by atoms with E-state index in [0.29, 0.717) is 5.82 Å². The molecule has 0 aliphatic rings. The van der Waals surface area contributed by atoms with E-state index in [2.05, 4.69) is 79.6 Å². The van der Waals surface area contributed by atoms with Crippen LogP contribution in [0.1, 0.15) is 0 Å². The topological polar surface area (TPSA) is 54.5 Å². The Balaban J connectivity index is 1.96. The van der Waals surface area contributed by atoms with Crippen molar-refractivity contribution in [1.82, 2.24) is 20.6 Å². The van der Waals surface area contributed by atoms with Gasteiger partial charge in [0.15, 0.2) is 0 Å². The number of nitrogens with one attached hydrogen (secondary N) is 1. The molecule has 0 aliphatic heterocycles. The number of halogens is 1. The molecule has 0 atom stereocenters. The summed E-state index contributed by atoms with van der Waals surface area (Å²) in [4.78, 5) is 0. The molecule has 88 valence electrons. The van der Waals surface area contributed by atoms with Gasteiger partial charge in [0, 0.05) is 9.13 Å². The smallest absolute Gasteiger partial charge is 0.177 e. The van der Waals surface area contributed by atoms with Crippen LogP contribution in [0.25, 0.3) is 22.5 Å². The van der Waals surface area contributed by atoms with E-state index in [1.54, 1.807) is 0 Å². The lowest BCUT2D eigenvalue weighted by atomic mass is 10.0. The molecule has 0 aliphatic carbocycles. The molecule has 18 heavy (non-hydrogen) atoms. The average molecular weight is 348 g/mol. The van der Waals surface area contributed by atoms with Crippen molar-refractivity contribution in [3.63, 3.8) is 0 Å². The van der Waals surface area contributed by atoms with Gasteiger partial charge in [-0.3, -0.25) is 0 Å². The summed E-state index contributed by atoms with van der Waals surface area (Å²) < 4.78 is 1.23. The second-order valence-electron chi connectivity index (χ2n) is 3.82. The fourth-order valence-electron chi connectivity index (χ4n) is 1.76. The maximum atomic E-state index is 3.95. The van der Waals surface area contributed by atoms with Crippen LogP contribution in [0.5, 0.6) is 0 Å². The van der Waals surface area contributed by atoms with Crippen LogP contribution in [0.4, 0.5) is 0 Å². The van der Waals surface area contributed by atoms with Gasteiger partial charge in [0.05, 0.1) is 0 Å². The largest absolute Gasteiger partial charge is 0.204 e. The third kappa shape index (κ3) is 2.26. The van der Waals surface area contributed by atoms with Gasteiger partial charge in [0.1, 0.15) is 0 Å². The van der Waals surface area contributed by atoms with Crippen molar-refractivity contribution in [3.8, 4) is 22.5 Å². The van der Waals surface area contributed by atoms with E-state index in [9.17, 15) is 0 Å². The zero-order valence-corrected chi connectivity index (χ0v) is 11.5. The van der Waals surface area contributed by atoms with Crippen molar-refractivity contribution in [3.05, 3.63) is 52.1 Å². The van der Waals surface area contributed by atoms with Gasteiger partial charge in [-0.2, -0.15) is 5.21 Å². The molecule has 3 rings (SSSR count). The number of tetrazole rings is 1. The number of rotatable bonds is 2. The first-order chi connectivity index (χ1) is 8.83. The van der Waals surface area contributed by atoms with Crippen molar-refractivity contribution >= 4 is 22.6 Å². The Morgan fingerprint density at radius 1 is 0.889 bits per heavy atom. The number of nitrogens with zero attached hydrogens (tertiary/aromatic N) is 3. The number of H-pyrrole nitrogens is 1. The van der Waals surface area contributed by atoms with E-state index in [0.717, 1.165) is 5.56 Å². The number of benzene rings is 2. The van der Waals surface area contributed by atoms with Crippen LogP contribution in [-0.2, 0) is 0 Å². The molecule has 0 unspecified atom stereocenters. The van der Waals surface area contributed by atoms with Gasteiger partial charge in [0.25, 0.3) is 0 Å². The summed E-state index contributed by atoms with van der Waals surface area (Å²) in [7, 11) is 0. The first kappa shape index (κ1) is 11.3. The van der Waals surface area contributed by atoms with Gasteiger partial charge in [0.2, 0.25) is 5.82 Å². The highest BCUT2D eigenvalue weighted by molar-refractivity contribution is 14.1.